The molecule has 0 bridgehead atoms. The van der Waals surface area contributed by atoms with Crippen molar-refractivity contribution in [3.05, 3.63) is 95.8 Å². The monoisotopic (exact) mass is 490 g/mol. The number of nitrogen functional groups attached to an aromatic ring is 1. The summed E-state index contributed by atoms with van der Waals surface area (Å²) in [5, 5.41) is 2.76. The van der Waals surface area contributed by atoms with Gasteiger partial charge in [0.1, 0.15) is 17.2 Å². The zero-order valence-corrected chi connectivity index (χ0v) is 20.5. The van der Waals surface area contributed by atoms with Gasteiger partial charge in [0.25, 0.3) is 0 Å². The standard InChI is InChI=1S/C28H26N8O/c1-17-13-24-28(33-15-17)36(27(35-24)23-7-4-12-31-26(23)30)22-10-8-19(9-11-22)16-32-25(29)20-5-3-6-21(14-20)34-18(2)37/h3-15H,16H2,1-2H3,(H2,29,32)(H2,30,31)(H,34,37). The SMILES string of the molecule is CC(=O)Nc1cccc(C(N)=NCc2ccc(-n3c(-c4cccnc4N)nc4cc(C)cnc43)cc2)c1. The van der Waals surface area contributed by atoms with Gasteiger partial charge in [0, 0.05) is 36.3 Å². The van der Waals surface area contributed by atoms with E-state index in [0.29, 0.717) is 29.7 Å². The highest BCUT2D eigenvalue weighted by atomic mass is 16.1. The van der Waals surface area contributed by atoms with Crippen LogP contribution < -0.4 is 16.8 Å². The van der Waals surface area contributed by atoms with E-state index in [2.05, 4.69) is 20.3 Å². The number of benzene rings is 2. The molecule has 0 saturated carbocycles. The average molecular weight is 491 g/mol. The molecule has 184 valence electrons. The van der Waals surface area contributed by atoms with E-state index >= 15 is 0 Å². The van der Waals surface area contributed by atoms with Gasteiger partial charge in [-0.2, -0.15) is 0 Å². The lowest BCUT2D eigenvalue weighted by Gasteiger charge is -2.11. The largest absolute Gasteiger partial charge is 0.383 e. The molecule has 0 fully saturated rings. The van der Waals surface area contributed by atoms with Gasteiger partial charge >= 0.3 is 0 Å². The van der Waals surface area contributed by atoms with E-state index in [-0.39, 0.29) is 5.91 Å². The molecule has 0 aliphatic carbocycles. The maximum Gasteiger partial charge on any atom is 0.221 e. The number of aliphatic imine (C=N–C) groups is 1. The summed E-state index contributed by atoms with van der Waals surface area (Å²) in [6.45, 7) is 3.85. The molecule has 1 amide bonds. The molecule has 5 aromatic rings. The van der Waals surface area contributed by atoms with Crippen LogP contribution in [0.25, 0.3) is 28.2 Å². The van der Waals surface area contributed by atoms with Crippen LogP contribution in [0.5, 0.6) is 0 Å². The van der Waals surface area contributed by atoms with E-state index in [0.717, 1.165) is 39.1 Å². The number of carbonyl (C=O) groups excluding carboxylic acids is 1. The number of pyridine rings is 2. The number of amidine groups is 1. The zero-order valence-electron chi connectivity index (χ0n) is 20.5. The van der Waals surface area contributed by atoms with Gasteiger partial charge in [-0.3, -0.25) is 14.4 Å². The number of aryl methyl sites for hydroxylation is 1. The minimum atomic E-state index is -0.141. The summed E-state index contributed by atoms with van der Waals surface area (Å²) in [6, 6.07) is 21.0. The molecule has 3 aromatic heterocycles. The van der Waals surface area contributed by atoms with Crippen molar-refractivity contribution in [2.24, 2.45) is 10.7 Å². The van der Waals surface area contributed by atoms with Gasteiger partial charge < -0.3 is 16.8 Å². The predicted molar refractivity (Wildman–Crippen MR) is 146 cm³/mol. The lowest BCUT2D eigenvalue weighted by atomic mass is 10.1. The third kappa shape index (κ3) is 5.01. The maximum absolute atomic E-state index is 11.3. The molecule has 9 nitrogen and oxygen atoms in total. The number of aromatic nitrogens is 4. The first kappa shape index (κ1) is 23.7. The highest BCUT2D eigenvalue weighted by Gasteiger charge is 2.18. The van der Waals surface area contributed by atoms with Gasteiger partial charge in [0.2, 0.25) is 5.91 Å². The number of amides is 1. The van der Waals surface area contributed by atoms with Crippen LogP contribution in [-0.2, 0) is 11.3 Å². The molecule has 0 radical (unpaired) electrons. The van der Waals surface area contributed by atoms with Crippen LogP contribution in [0.4, 0.5) is 11.5 Å². The Kier molecular flexibility index (Phi) is 6.34. The van der Waals surface area contributed by atoms with Crippen molar-refractivity contribution in [1.29, 1.82) is 0 Å². The summed E-state index contributed by atoms with van der Waals surface area (Å²) in [4.78, 5) is 29.6. The normalized spacial score (nSPS) is 11.6. The van der Waals surface area contributed by atoms with E-state index in [4.69, 9.17) is 16.5 Å². The molecule has 0 aliphatic heterocycles. The molecule has 0 spiro atoms. The number of hydrogen-bond acceptors (Lipinski definition) is 6. The maximum atomic E-state index is 11.3. The number of rotatable bonds is 6. The van der Waals surface area contributed by atoms with Crippen molar-refractivity contribution in [2.45, 2.75) is 20.4 Å². The van der Waals surface area contributed by atoms with E-state index in [1.807, 2.05) is 72.3 Å². The van der Waals surface area contributed by atoms with Crippen molar-refractivity contribution < 1.29 is 4.79 Å². The minimum absolute atomic E-state index is 0.141. The van der Waals surface area contributed by atoms with Crippen molar-refractivity contribution in [3.63, 3.8) is 0 Å². The number of fused-ring (bicyclic) bond motifs is 1. The minimum Gasteiger partial charge on any atom is -0.383 e. The predicted octanol–water partition coefficient (Wildman–Crippen LogP) is 4.24. The fourth-order valence-corrected chi connectivity index (χ4v) is 4.08. The van der Waals surface area contributed by atoms with Crippen molar-refractivity contribution in [2.75, 3.05) is 11.1 Å². The van der Waals surface area contributed by atoms with Crippen LogP contribution in [0, 0.1) is 6.92 Å². The third-order valence-corrected chi connectivity index (χ3v) is 5.82. The quantitative estimate of drug-likeness (QED) is 0.241. The molecule has 0 unspecified atom stereocenters. The van der Waals surface area contributed by atoms with Crippen LogP contribution in [0.3, 0.4) is 0 Å². The summed E-state index contributed by atoms with van der Waals surface area (Å²) in [7, 11) is 0. The fourth-order valence-electron chi connectivity index (χ4n) is 4.08. The average Bonchev–Trinajstić information content (AvgIpc) is 3.26. The van der Waals surface area contributed by atoms with Crippen molar-refractivity contribution >= 4 is 34.4 Å². The van der Waals surface area contributed by atoms with Crippen molar-refractivity contribution in [3.8, 4) is 17.1 Å². The molecule has 5 rings (SSSR count). The first-order chi connectivity index (χ1) is 17.9. The second-order valence-electron chi connectivity index (χ2n) is 8.69. The topological polar surface area (TPSA) is 137 Å². The van der Waals surface area contributed by atoms with Gasteiger partial charge in [0.15, 0.2) is 11.5 Å². The number of hydrogen-bond donors (Lipinski definition) is 3. The molecule has 0 atom stereocenters. The summed E-state index contributed by atoms with van der Waals surface area (Å²) < 4.78 is 1.98. The molecule has 3 heterocycles. The lowest BCUT2D eigenvalue weighted by molar-refractivity contribution is -0.114. The van der Waals surface area contributed by atoms with Crippen LogP contribution >= 0.6 is 0 Å². The number of carbonyl (C=O) groups is 1. The number of anilines is 2. The summed E-state index contributed by atoms with van der Waals surface area (Å²) in [6.07, 6.45) is 3.48. The molecule has 9 heteroatoms. The van der Waals surface area contributed by atoms with Crippen LogP contribution in [0.2, 0.25) is 0 Å². The highest BCUT2D eigenvalue weighted by molar-refractivity contribution is 5.99. The smallest absolute Gasteiger partial charge is 0.221 e. The number of imidazole rings is 1. The highest BCUT2D eigenvalue weighted by Crippen LogP contribution is 2.30. The Balaban J connectivity index is 1.45. The van der Waals surface area contributed by atoms with Gasteiger partial charge in [-0.1, -0.05) is 24.3 Å². The number of nitrogens with one attached hydrogen (secondary N) is 1. The number of nitrogens with zero attached hydrogens (tertiary/aromatic N) is 5. The Labute approximate surface area is 213 Å². The molecule has 0 saturated heterocycles. The summed E-state index contributed by atoms with van der Waals surface area (Å²) in [5.41, 5.74) is 19.0. The molecular formula is C28H26N8O. The molecule has 37 heavy (non-hydrogen) atoms. The van der Waals surface area contributed by atoms with Crippen LogP contribution in [-0.4, -0.2) is 31.3 Å². The van der Waals surface area contributed by atoms with Crippen LogP contribution in [0.1, 0.15) is 23.6 Å². The van der Waals surface area contributed by atoms with Gasteiger partial charge in [-0.05, 0) is 60.5 Å². The fraction of sp³-hybridized carbons (Fsp3) is 0.107. The lowest BCUT2D eigenvalue weighted by Crippen LogP contribution is -2.14. The Morgan fingerprint density at radius 1 is 1.05 bits per heavy atom. The number of nitrogens with two attached hydrogens (primary N) is 2. The Bertz CT molecular complexity index is 1640. The molecule has 5 N–H and O–H groups in total. The first-order valence-electron chi connectivity index (χ1n) is 11.7. The van der Waals surface area contributed by atoms with E-state index < -0.39 is 0 Å². The first-order valence-corrected chi connectivity index (χ1v) is 11.7. The second kappa shape index (κ2) is 9.90. The van der Waals surface area contributed by atoms with Gasteiger partial charge in [-0.15, -0.1) is 0 Å². The summed E-state index contributed by atoms with van der Waals surface area (Å²) >= 11 is 0. The molecule has 2 aromatic carbocycles. The third-order valence-electron chi connectivity index (χ3n) is 5.82. The zero-order chi connectivity index (χ0) is 25.9. The Morgan fingerprint density at radius 2 is 1.86 bits per heavy atom. The van der Waals surface area contributed by atoms with E-state index in [1.54, 1.807) is 18.3 Å². The van der Waals surface area contributed by atoms with Gasteiger partial charge in [-0.25, -0.2) is 15.0 Å². The van der Waals surface area contributed by atoms with Crippen molar-refractivity contribution in [1.82, 2.24) is 19.5 Å². The Hall–Kier alpha value is -5.05. The van der Waals surface area contributed by atoms with Crippen LogP contribution in [0.15, 0.2) is 84.1 Å². The molecular weight excluding hydrogens is 464 g/mol. The second-order valence-corrected chi connectivity index (χ2v) is 8.69. The summed E-state index contributed by atoms with van der Waals surface area (Å²) in [5.74, 6) is 1.33. The molecule has 0 aliphatic rings. The van der Waals surface area contributed by atoms with Gasteiger partial charge in [0.05, 0.1) is 12.1 Å². The van der Waals surface area contributed by atoms with E-state index in [1.165, 1.54) is 6.92 Å². The Morgan fingerprint density at radius 3 is 2.62 bits per heavy atom. The van der Waals surface area contributed by atoms with E-state index in [9.17, 15) is 4.79 Å².